The number of phenols is 2. The van der Waals surface area contributed by atoms with E-state index in [1.807, 2.05) is 12.1 Å². The number of benzene rings is 2. The summed E-state index contributed by atoms with van der Waals surface area (Å²) >= 11 is 0. The van der Waals surface area contributed by atoms with Crippen LogP contribution in [0, 0.1) is 0 Å². The van der Waals surface area contributed by atoms with E-state index < -0.39 is 0 Å². The third-order valence-corrected chi connectivity index (χ3v) is 4.46. The Hall–Kier alpha value is -2.36. The minimum Gasteiger partial charge on any atom is -0.508 e. The molecule has 0 atom stereocenters. The second kappa shape index (κ2) is 12.9. The van der Waals surface area contributed by atoms with E-state index in [-0.39, 0.29) is 11.5 Å². The lowest BCUT2D eigenvalue weighted by molar-refractivity contribution is 0.301. The standard InChI is InChI=1S/C23H32O4/c24-20-12-10-14-22(18-20)26-16-8-6-4-2-1-3-5-7-9-17-27-23-15-11-13-21(25)19-23/h10-15,18-19,24-25H,1-9,16-17H2. The van der Waals surface area contributed by atoms with E-state index in [9.17, 15) is 10.2 Å². The van der Waals surface area contributed by atoms with Crippen LogP contribution in [0.4, 0.5) is 0 Å². The van der Waals surface area contributed by atoms with Gasteiger partial charge >= 0.3 is 0 Å². The molecule has 4 heteroatoms. The molecular weight excluding hydrogens is 340 g/mol. The molecule has 4 nitrogen and oxygen atoms in total. The van der Waals surface area contributed by atoms with Crippen molar-refractivity contribution in [2.24, 2.45) is 0 Å². The van der Waals surface area contributed by atoms with E-state index in [0.29, 0.717) is 13.2 Å². The van der Waals surface area contributed by atoms with Crippen LogP contribution in [-0.4, -0.2) is 23.4 Å². The van der Waals surface area contributed by atoms with Gasteiger partial charge in [0.1, 0.15) is 23.0 Å². The van der Waals surface area contributed by atoms with Crippen LogP contribution in [0.15, 0.2) is 48.5 Å². The average Bonchev–Trinajstić information content (AvgIpc) is 2.65. The zero-order chi connectivity index (χ0) is 19.2. The molecule has 0 amide bonds. The lowest BCUT2D eigenvalue weighted by Gasteiger charge is -2.07. The van der Waals surface area contributed by atoms with Crippen LogP contribution >= 0.6 is 0 Å². The lowest BCUT2D eigenvalue weighted by Crippen LogP contribution is -1.97. The van der Waals surface area contributed by atoms with Crippen molar-refractivity contribution in [3.8, 4) is 23.0 Å². The highest BCUT2D eigenvalue weighted by atomic mass is 16.5. The number of ether oxygens (including phenoxy) is 2. The normalized spacial score (nSPS) is 10.7. The van der Waals surface area contributed by atoms with Crippen molar-refractivity contribution in [1.29, 1.82) is 0 Å². The molecule has 0 spiro atoms. The highest BCUT2D eigenvalue weighted by molar-refractivity contribution is 5.32. The summed E-state index contributed by atoms with van der Waals surface area (Å²) in [6, 6.07) is 13.9. The Morgan fingerprint density at radius 2 is 0.889 bits per heavy atom. The molecular formula is C23H32O4. The summed E-state index contributed by atoms with van der Waals surface area (Å²) in [5, 5.41) is 18.7. The lowest BCUT2D eigenvalue weighted by atomic mass is 10.1. The largest absolute Gasteiger partial charge is 0.508 e. The van der Waals surface area contributed by atoms with Crippen molar-refractivity contribution in [2.75, 3.05) is 13.2 Å². The summed E-state index contributed by atoms with van der Waals surface area (Å²) in [4.78, 5) is 0. The quantitative estimate of drug-likeness (QED) is 0.395. The van der Waals surface area contributed by atoms with Gasteiger partial charge in [-0.1, -0.05) is 57.1 Å². The van der Waals surface area contributed by atoms with Crippen molar-refractivity contribution < 1.29 is 19.7 Å². The number of hydrogen-bond acceptors (Lipinski definition) is 4. The zero-order valence-electron chi connectivity index (χ0n) is 16.1. The van der Waals surface area contributed by atoms with E-state index in [1.165, 1.54) is 44.9 Å². The summed E-state index contributed by atoms with van der Waals surface area (Å²) < 4.78 is 11.2. The van der Waals surface area contributed by atoms with Crippen LogP contribution in [0.1, 0.15) is 57.8 Å². The van der Waals surface area contributed by atoms with Gasteiger partial charge in [0.2, 0.25) is 0 Å². The van der Waals surface area contributed by atoms with Gasteiger partial charge in [-0.05, 0) is 37.1 Å². The average molecular weight is 373 g/mol. The Kier molecular flexibility index (Phi) is 10.0. The fourth-order valence-corrected chi connectivity index (χ4v) is 2.97. The van der Waals surface area contributed by atoms with E-state index in [4.69, 9.17) is 9.47 Å². The van der Waals surface area contributed by atoms with Crippen LogP contribution in [0.3, 0.4) is 0 Å². The Labute approximate surface area is 162 Å². The van der Waals surface area contributed by atoms with E-state index in [0.717, 1.165) is 24.3 Å². The van der Waals surface area contributed by atoms with Crippen LogP contribution < -0.4 is 9.47 Å². The monoisotopic (exact) mass is 372 g/mol. The summed E-state index contributed by atoms with van der Waals surface area (Å²) in [6.07, 6.45) is 10.9. The Balaban J connectivity index is 1.33. The van der Waals surface area contributed by atoms with Gasteiger partial charge in [0.25, 0.3) is 0 Å². The molecule has 0 heterocycles. The molecule has 2 rings (SSSR count). The van der Waals surface area contributed by atoms with Crippen LogP contribution in [0.25, 0.3) is 0 Å². The predicted molar refractivity (Wildman–Crippen MR) is 109 cm³/mol. The fourth-order valence-electron chi connectivity index (χ4n) is 2.97. The molecule has 0 radical (unpaired) electrons. The SMILES string of the molecule is Oc1cccc(OCCCCCCCCCCCOc2cccc(O)c2)c1. The number of aromatic hydroxyl groups is 2. The van der Waals surface area contributed by atoms with Gasteiger partial charge in [-0.25, -0.2) is 0 Å². The first kappa shape index (κ1) is 20.9. The van der Waals surface area contributed by atoms with Gasteiger partial charge in [-0.3, -0.25) is 0 Å². The first-order chi connectivity index (χ1) is 13.2. The molecule has 2 N–H and O–H groups in total. The minimum atomic E-state index is 0.249. The van der Waals surface area contributed by atoms with Crippen molar-refractivity contribution in [3.05, 3.63) is 48.5 Å². The summed E-state index contributed by atoms with van der Waals surface area (Å²) in [6.45, 7) is 1.42. The van der Waals surface area contributed by atoms with Gasteiger partial charge in [-0.2, -0.15) is 0 Å². The number of hydrogen-bond donors (Lipinski definition) is 2. The summed E-state index contributed by atoms with van der Waals surface area (Å²) in [7, 11) is 0. The van der Waals surface area contributed by atoms with Crippen molar-refractivity contribution in [1.82, 2.24) is 0 Å². The number of rotatable bonds is 14. The number of phenolic OH excluding ortho intramolecular Hbond substituents is 2. The topological polar surface area (TPSA) is 58.9 Å². The minimum absolute atomic E-state index is 0.249. The molecule has 0 bridgehead atoms. The van der Waals surface area contributed by atoms with Gasteiger partial charge < -0.3 is 19.7 Å². The van der Waals surface area contributed by atoms with Gasteiger partial charge in [-0.15, -0.1) is 0 Å². The number of unbranched alkanes of at least 4 members (excludes halogenated alkanes) is 8. The van der Waals surface area contributed by atoms with Gasteiger partial charge in [0, 0.05) is 12.1 Å². The first-order valence-electron chi connectivity index (χ1n) is 10.1. The Morgan fingerprint density at radius 3 is 1.26 bits per heavy atom. The molecule has 0 unspecified atom stereocenters. The maximum atomic E-state index is 9.37. The highest BCUT2D eigenvalue weighted by Gasteiger charge is 1.98. The first-order valence-corrected chi connectivity index (χ1v) is 10.1. The van der Waals surface area contributed by atoms with Crippen LogP contribution in [-0.2, 0) is 0 Å². The second-order valence-electron chi connectivity index (χ2n) is 6.87. The van der Waals surface area contributed by atoms with E-state index in [2.05, 4.69) is 0 Å². The summed E-state index contributed by atoms with van der Waals surface area (Å²) in [5.74, 6) is 1.97. The molecule has 2 aromatic rings. The Bertz CT molecular complexity index is 586. The molecule has 0 aliphatic heterocycles. The van der Waals surface area contributed by atoms with E-state index >= 15 is 0 Å². The smallest absolute Gasteiger partial charge is 0.122 e. The Morgan fingerprint density at radius 1 is 0.519 bits per heavy atom. The third kappa shape index (κ3) is 9.78. The van der Waals surface area contributed by atoms with Crippen LogP contribution in [0.2, 0.25) is 0 Å². The van der Waals surface area contributed by atoms with Crippen LogP contribution in [0.5, 0.6) is 23.0 Å². The van der Waals surface area contributed by atoms with E-state index in [1.54, 1.807) is 36.4 Å². The van der Waals surface area contributed by atoms with Gasteiger partial charge in [0.05, 0.1) is 13.2 Å². The molecule has 0 saturated heterocycles. The van der Waals surface area contributed by atoms with Crippen molar-refractivity contribution in [2.45, 2.75) is 57.8 Å². The van der Waals surface area contributed by atoms with Crippen molar-refractivity contribution in [3.63, 3.8) is 0 Å². The summed E-state index contributed by atoms with van der Waals surface area (Å²) in [5.41, 5.74) is 0. The molecule has 0 aromatic heterocycles. The highest BCUT2D eigenvalue weighted by Crippen LogP contribution is 2.19. The zero-order valence-corrected chi connectivity index (χ0v) is 16.1. The maximum absolute atomic E-state index is 9.37. The molecule has 0 aliphatic rings. The molecule has 27 heavy (non-hydrogen) atoms. The molecule has 0 saturated carbocycles. The molecule has 0 aliphatic carbocycles. The fraction of sp³-hybridized carbons (Fsp3) is 0.478. The molecule has 2 aromatic carbocycles. The predicted octanol–water partition coefficient (Wildman–Crippen LogP) is 6.07. The maximum Gasteiger partial charge on any atom is 0.122 e. The molecule has 0 fully saturated rings. The second-order valence-corrected chi connectivity index (χ2v) is 6.87. The van der Waals surface area contributed by atoms with Gasteiger partial charge in [0.15, 0.2) is 0 Å². The molecule has 148 valence electrons. The van der Waals surface area contributed by atoms with Crippen molar-refractivity contribution >= 4 is 0 Å². The third-order valence-electron chi connectivity index (χ3n) is 4.46.